The Morgan fingerprint density at radius 1 is 1.05 bits per heavy atom. The number of rotatable bonds is 3. The van der Waals surface area contributed by atoms with Gasteiger partial charge in [-0.3, -0.25) is 0 Å². The van der Waals surface area contributed by atoms with Crippen molar-refractivity contribution in [3.8, 4) is 0 Å². The van der Waals surface area contributed by atoms with E-state index in [0.29, 0.717) is 0 Å². The fourth-order valence-corrected chi connectivity index (χ4v) is 2.54. The Bertz CT molecular complexity index is 544. The van der Waals surface area contributed by atoms with Gasteiger partial charge in [-0.2, -0.15) is 0 Å². The van der Waals surface area contributed by atoms with Crippen LogP contribution in [-0.2, 0) is 0 Å². The average molecular weight is 278 g/mol. The highest BCUT2D eigenvalue weighted by atomic mass is 35.5. The standard InChI is InChI=1S/C16H17ClFN/c1-10-6-4-7-12(11(10)2)16(19-3)13-8-5-9-14(18)15(13)17/h4-9,16,19H,1-3H3. The zero-order chi connectivity index (χ0) is 14.0. The summed E-state index contributed by atoms with van der Waals surface area (Å²) < 4.78 is 13.6. The summed E-state index contributed by atoms with van der Waals surface area (Å²) in [6.45, 7) is 4.14. The number of hydrogen-bond acceptors (Lipinski definition) is 1. The first-order valence-electron chi connectivity index (χ1n) is 6.23. The van der Waals surface area contributed by atoms with Crippen LogP contribution in [-0.4, -0.2) is 7.05 Å². The second-order valence-corrected chi connectivity index (χ2v) is 5.03. The molecule has 0 aromatic heterocycles. The molecule has 100 valence electrons. The van der Waals surface area contributed by atoms with E-state index < -0.39 is 0 Å². The molecule has 0 spiro atoms. The van der Waals surface area contributed by atoms with Crippen LogP contribution in [0.15, 0.2) is 36.4 Å². The van der Waals surface area contributed by atoms with E-state index in [0.717, 1.165) is 11.1 Å². The predicted octanol–water partition coefficient (Wildman–Crippen LogP) is 4.40. The summed E-state index contributed by atoms with van der Waals surface area (Å²) in [4.78, 5) is 0. The van der Waals surface area contributed by atoms with Crippen LogP contribution in [0.5, 0.6) is 0 Å². The molecule has 19 heavy (non-hydrogen) atoms. The lowest BCUT2D eigenvalue weighted by atomic mass is 9.92. The van der Waals surface area contributed by atoms with E-state index >= 15 is 0 Å². The van der Waals surface area contributed by atoms with E-state index in [2.05, 4.69) is 25.2 Å². The maximum Gasteiger partial charge on any atom is 0.142 e. The summed E-state index contributed by atoms with van der Waals surface area (Å²) >= 11 is 6.09. The Labute approximate surface area is 118 Å². The zero-order valence-electron chi connectivity index (χ0n) is 11.3. The average Bonchev–Trinajstić information content (AvgIpc) is 2.40. The zero-order valence-corrected chi connectivity index (χ0v) is 12.1. The van der Waals surface area contributed by atoms with Crippen LogP contribution in [0.2, 0.25) is 5.02 Å². The Balaban J connectivity index is 2.57. The van der Waals surface area contributed by atoms with Gasteiger partial charge in [-0.05, 0) is 49.2 Å². The lowest BCUT2D eigenvalue weighted by Gasteiger charge is -2.21. The normalized spacial score (nSPS) is 12.5. The topological polar surface area (TPSA) is 12.0 Å². The smallest absolute Gasteiger partial charge is 0.142 e. The van der Waals surface area contributed by atoms with Gasteiger partial charge >= 0.3 is 0 Å². The highest BCUT2D eigenvalue weighted by Gasteiger charge is 2.19. The van der Waals surface area contributed by atoms with Crippen LogP contribution in [0.4, 0.5) is 4.39 Å². The molecule has 2 aromatic carbocycles. The van der Waals surface area contributed by atoms with E-state index in [4.69, 9.17) is 11.6 Å². The second kappa shape index (κ2) is 5.72. The van der Waals surface area contributed by atoms with Crippen molar-refractivity contribution in [2.75, 3.05) is 7.05 Å². The first-order chi connectivity index (χ1) is 9.06. The number of benzene rings is 2. The Hall–Kier alpha value is -1.38. The molecule has 0 heterocycles. The van der Waals surface area contributed by atoms with Gasteiger partial charge in [0.25, 0.3) is 0 Å². The molecule has 0 radical (unpaired) electrons. The van der Waals surface area contributed by atoms with Gasteiger partial charge in [-0.25, -0.2) is 4.39 Å². The molecule has 2 rings (SSSR count). The van der Waals surface area contributed by atoms with Gasteiger partial charge in [0.05, 0.1) is 11.1 Å². The molecule has 0 fully saturated rings. The molecule has 1 unspecified atom stereocenters. The highest BCUT2D eigenvalue weighted by Crippen LogP contribution is 2.32. The lowest BCUT2D eigenvalue weighted by molar-refractivity contribution is 0.616. The Morgan fingerprint density at radius 2 is 1.68 bits per heavy atom. The third-order valence-corrected chi connectivity index (χ3v) is 3.94. The summed E-state index contributed by atoms with van der Waals surface area (Å²) in [5.74, 6) is -0.385. The van der Waals surface area contributed by atoms with Crippen LogP contribution in [0.3, 0.4) is 0 Å². The van der Waals surface area contributed by atoms with Crippen LogP contribution < -0.4 is 5.32 Å². The third-order valence-electron chi connectivity index (χ3n) is 3.54. The summed E-state index contributed by atoms with van der Waals surface area (Å²) in [6.07, 6.45) is 0. The van der Waals surface area contributed by atoms with Crippen molar-refractivity contribution in [1.29, 1.82) is 0 Å². The van der Waals surface area contributed by atoms with Gasteiger partial charge in [0.1, 0.15) is 5.82 Å². The van der Waals surface area contributed by atoms with E-state index in [1.54, 1.807) is 6.07 Å². The van der Waals surface area contributed by atoms with Crippen molar-refractivity contribution >= 4 is 11.6 Å². The van der Waals surface area contributed by atoms with Gasteiger partial charge in [-0.1, -0.05) is 41.9 Å². The van der Waals surface area contributed by atoms with Crippen molar-refractivity contribution in [2.24, 2.45) is 0 Å². The van der Waals surface area contributed by atoms with E-state index in [1.807, 2.05) is 25.2 Å². The number of nitrogens with one attached hydrogen (secondary N) is 1. The summed E-state index contributed by atoms with van der Waals surface area (Å²) in [5.41, 5.74) is 4.29. The number of halogens is 2. The molecule has 0 saturated heterocycles. The molecular weight excluding hydrogens is 261 g/mol. The van der Waals surface area contributed by atoms with Gasteiger partial charge in [0, 0.05) is 0 Å². The minimum Gasteiger partial charge on any atom is -0.309 e. The molecule has 1 atom stereocenters. The highest BCUT2D eigenvalue weighted by molar-refractivity contribution is 6.31. The van der Waals surface area contributed by atoms with E-state index in [1.165, 1.54) is 17.2 Å². The molecule has 2 aromatic rings. The molecule has 0 aliphatic carbocycles. The van der Waals surface area contributed by atoms with Crippen molar-refractivity contribution in [3.63, 3.8) is 0 Å². The molecule has 1 nitrogen and oxygen atoms in total. The molecule has 0 aliphatic heterocycles. The minimum atomic E-state index is -0.385. The number of hydrogen-bond donors (Lipinski definition) is 1. The Kier molecular flexibility index (Phi) is 4.23. The van der Waals surface area contributed by atoms with Gasteiger partial charge in [-0.15, -0.1) is 0 Å². The molecule has 0 amide bonds. The fourth-order valence-electron chi connectivity index (χ4n) is 2.31. The molecule has 3 heteroatoms. The molecule has 0 aliphatic rings. The summed E-state index contributed by atoms with van der Waals surface area (Å²) in [5, 5.41) is 3.40. The largest absolute Gasteiger partial charge is 0.309 e. The van der Waals surface area contributed by atoms with Crippen molar-refractivity contribution in [1.82, 2.24) is 5.32 Å². The molecular formula is C16H17ClFN. The minimum absolute atomic E-state index is 0.108. The van der Waals surface area contributed by atoms with Crippen molar-refractivity contribution < 1.29 is 4.39 Å². The maximum absolute atomic E-state index is 13.6. The van der Waals surface area contributed by atoms with Crippen molar-refractivity contribution in [2.45, 2.75) is 19.9 Å². The van der Waals surface area contributed by atoms with E-state index in [-0.39, 0.29) is 16.9 Å². The Morgan fingerprint density at radius 3 is 2.37 bits per heavy atom. The first-order valence-corrected chi connectivity index (χ1v) is 6.61. The maximum atomic E-state index is 13.6. The van der Waals surface area contributed by atoms with Crippen LogP contribution in [0.25, 0.3) is 0 Å². The summed E-state index contributed by atoms with van der Waals surface area (Å²) in [6, 6.07) is 10.9. The van der Waals surface area contributed by atoms with Gasteiger partial charge in [0.15, 0.2) is 0 Å². The van der Waals surface area contributed by atoms with Gasteiger partial charge < -0.3 is 5.32 Å². The van der Waals surface area contributed by atoms with Crippen molar-refractivity contribution in [3.05, 3.63) is 69.5 Å². The second-order valence-electron chi connectivity index (χ2n) is 4.65. The molecule has 1 N–H and O–H groups in total. The van der Waals surface area contributed by atoms with Crippen LogP contribution in [0, 0.1) is 19.7 Å². The first kappa shape index (κ1) is 14.0. The SMILES string of the molecule is CNC(c1cccc(C)c1C)c1cccc(F)c1Cl. The van der Waals surface area contributed by atoms with Gasteiger partial charge in [0.2, 0.25) is 0 Å². The lowest BCUT2D eigenvalue weighted by Crippen LogP contribution is -2.19. The van der Waals surface area contributed by atoms with Crippen LogP contribution in [0.1, 0.15) is 28.3 Å². The monoisotopic (exact) mass is 277 g/mol. The third kappa shape index (κ3) is 2.65. The predicted molar refractivity (Wildman–Crippen MR) is 78.2 cm³/mol. The molecule has 0 saturated carbocycles. The quantitative estimate of drug-likeness (QED) is 0.876. The summed E-state index contributed by atoms with van der Waals surface area (Å²) in [7, 11) is 1.85. The van der Waals surface area contributed by atoms with Crippen LogP contribution >= 0.6 is 11.6 Å². The number of aryl methyl sites for hydroxylation is 1. The van der Waals surface area contributed by atoms with E-state index in [9.17, 15) is 4.39 Å². The fraction of sp³-hybridized carbons (Fsp3) is 0.250. The molecule has 0 bridgehead atoms.